The number of benzene rings is 1. The molecule has 0 saturated heterocycles. The molecule has 1 nitrogen and oxygen atoms in total. The van der Waals surface area contributed by atoms with E-state index >= 15 is 0 Å². The topological polar surface area (TPSA) is 26.0 Å². The van der Waals surface area contributed by atoms with Gasteiger partial charge in [-0.25, -0.2) is 4.39 Å². The maximum Gasteiger partial charge on any atom is 0.126 e. The standard InChI is InChI=1S/C18H28FN/c1-12-11-14(7-10-16(12)19)17(20)13-5-8-15(9-6-13)18(2,3)4/h7,10-11,13,15,17H,5-6,8-9,20H2,1-4H3. The molecule has 1 aromatic carbocycles. The van der Waals surface area contributed by atoms with Crippen molar-refractivity contribution in [2.75, 3.05) is 0 Å². The van der Waals surface area contributed by atoms with Gasteiger partial charge in [-0.1, -0.05) is 32.9 Å². The molecule has 0 amide bonds. The summed E-state index contributed by atoms with van der Waals surface area (Å²) in [6.45, 7) is 8.81. The van der Waals surface area contributed by atoms with Crippen molar-refractivity contribution in [3.8, 4) is 0 Å². The zero-order valence-corrected chi connectivity index (χ0v) is 13.2. The summed E-state index contributed by atoms with van der Waals surface area (Å²) in [6.07, 6.45) is 4.92. The molecule has 1 saturated carbocycles. The number of halogens is 1. The zero-order valence-electron chi connectivity index (χ0n) is 13.2. The van der Waals surface area contributed by atoms with Crippen LogP contribution in [0.3, 0.4) is 0 Å². The Labute approximate surface area is 122 Å². The SMILES string of the molecule is Cc1cc(C(N)C2CCC(C(C)(C)C)CC2)ccc1F. The monoisotopic (exact) mass is 277 g/mol. The molecule has 0 aliphatic heterocycles. The van der Waals surface area contributed by atoms with Crippen molar-refractivity contribution >= 4 is 0 Å². The van der Waals surface area contributed by atoms with Crippen LogP contribution in [0.2, 0.25) is 0 Å². The first-order chi connectivity index (χ1) is 9.29. The zero-order chi connectivity index (χ0) is 14.9. The van der Waals surface area contributed by atoms with Gasteiger partial charge in [0, 0.05) is 6.04 Å². The number of hydrogen-bond donors (Lipinski definition) is 1. The summed E-state index contributed by atoms with van der Waals surface area (Å²) in [5, 5.41) is 0. The molecule has 1 unspecified atom stereocenters. The molecule has 2 N–H and O–H groups in total. The fourth-order valence-corrected chi connectivity index (χ4v) is 3.49. The van der Waals surface area contributed by atoms with E-state index in [1.54, 1.807) is 6.07 Å². The third-order valence-corrected chi connectivity index (χ3v) is 5.07. The van der Waals surface area contributed by atoms with Crippen LogP contribution in [0, 0.1) is 30.0 Å². The third-order valence-electron chi connectivity index (χ3n) is 5.07. The molecular weight excluding hydrogens is 249 g/mol. The highest BCUT2D eigenvalue weighted by atomic mass is 19.1. The highest BCUT2D eigenvalue weighted by molar-refractivity contribution is 5.26. The second kappa shape index (κ2) is 5.85. The van der Waals surface area contributed by atoms with E-state index < -0.39 is 0 Å². The Morgan fingerprint density at radius 3 is 2.25 bits per heavy atom. The van der Waals surface area contributed by atoms with Gasteiger partial charge < -0.3 is 5.73 Å². The van der Waals surface area contributed by atoms with E-state index in [1.807, 2.05) is 19.1 Å². The number of hydrogen-bond acceptors (Lipinski definition) is 1. The molecular formula is C18H28FN. The summed E-state index contributed by atoms with van der Waals surface area (Å²) in [4.78, 5) is 0. The Kier molecular flexibility index (Phi) is 4.53. The van der Waals surface area contributed by atoms with Gasteiger partial charge in [-0.2, -0.15) is 0 Å². The molecule has 20 heavy (non-hydrogen) atoms. The first kappa shape index (κ1) is 15.5. The predicted octanol–water partition coefficient (Wildman–Crippen LogP) is 4.99. The Balaban J connectivity index is 2.01. The van der Waals surface area contributed by atoms with Gasteiger partial charge in [0.25, 0.3) is 0 Å². The fraction of sp³-hybridized carbons (Fsp3) is 0.667. The van der Waals surface area contributed by atoms with Gasteiger partial charge in [0.05, 0.1) is 0 Å². The van der Waals surface area contributed by atoms with Gasteiger partial charge in [-0.3, -0.25) is 0 Å². The molecule has 0 radical (unpaired) electrons. The van der Waals surface area contributed by atoms with E-state index in [9.17, 15) is 4.39 Å². The summed E-state index contributed by atoms with van der Waals surface area (Å²) in [5.41, 5.74) is 8.61. The summed E-state index contributed by atoms with van der Waals surface area (Å²) < 4.78 is 13.3. The minimum Gasteiger partial charge on any atom is -0.324 e. The highest BCUT2D eigenvalue weighted by Gasteiger charge is 2.32. The highest BCUT2D eigenvalue weighted by Crippen LogP contribution is 2.42. The first-order valence-electron chi connectivity index (χ1n) is 7.80. The van der Waals surface area contributed by atoms with E-state index in [0.717, 1.165) is 11.5 Å². The second-order valence-electron chi connectivity index (χ2n) is 7.51. The molecule has 0 heterocycles. The van der Waals surface area contributed by atoms with Gasteiger partial charge in [0.2, 0.25) is 0 Å². The second-order valence-corrected chi connectivity index (χ2v) is 7.51. The number of aryl methyl sites for hydroxylation is 1. The van der Waals surface area contributed by atoms with Crippen molar-refractivity contribution in [3.05, 3.63) is 35.1 Å². The first-order valence-corrected chi connectivity index (χ1v) is 7.80. The predicted molar refractivity (Wildman–Crippen MR) is 83.0 cm³/mol. The van der Waals surface area contributed by atoms with Crippen LogP contribution in [0.4, 0.5) is 4.39 Å². The molecule has 1 fully saturated rings. The van der Waals surface area contributed by atoms with Crippen LogP contribution in [-0.2, 0) is 0 Å². The maximum absolute atomic E-state index is 13.3. The summed E-state index contributed by atoms with van der Waals surface area (Å²) >= 11 is 0. The molecule has 112 valence electrons. The van der Waals surface area contributed by atoms with Gasteiger partial charge in [-0.15, -0.1) is 0 Å². The van der Waals surface area contributed by atoms with E-state index in [4.69, 9.17) is 5.73 Å². The Morgan fingerprint density at radius 2 is 1.75 bits per heavy atom. The largest absolute Gasteiger partial charge is 0.324 e. The summed E-state index contributed by atoms with van der Waals surface area (Å²) in [5.74, 6) is 1.21. The van der Waals surface area contributed by atoms with E-state index in [0.29, 0.717) is 16.9 Å². The van der Waals surface area contributed by atoms with Crippen molar-refractivity contribution in [1.29, 1.82) is 0 Å². The molecule has 2 heteroatoms. The Morgan fingerprint density at radius 1 is 1.15 bits per heavy atom. The summed E-state index contributed by atoms with van der Waals surface area (Å²) in [6, 6.07) is 5.36. The molecule has 1 aromatic rings. The van der Waals surface area contributed by atoms with Crippen LogP contribution in [0.15, 0.2) is 18.2 Å². The van der Waals surface area contributed by atoms with Crippen molar-refractivity contribution in [3.63, 3.8) is 0 Å². The van der Waals surface area contributed by atoms with Crippen LogP contribution < -0.4 is 5.73 Å². The van der Waals surface area contributed by atoms with Crippen molar-refractivity contribution < 1.29 is 4.39 Å². The normalized spacial score (nSPS) is 25.5. The fourth-order valence-electron chi connectivity index (χ4n) is 3.49. The average molecular weight is 277 g/mol. The van der Waals surface area contributed by atoms with Crippen molar-refractivity contribution in [1.82, 2.24) is 0 Å². The molecule has 1 aliphatic rings. The lowest BCUT2D eigenvalue weighted by Crippen LogP contribution is -2.30. The molecule has 0 aromatic heterocycles. The van der Waals surface area contributed by atoms with Crippen molar-refractivity contribution in [2.24, 2.45) is 23.0 Å². The minimum atomic E-state index is -0.141. The van der Waals surface area contributed by atoms with Gasteiger partial charge in [-0.05, 0) is 67.1 Å². The van der Waals surface area contributed by atoms with Crippen LogP contribution >= 0.6 is 0 Å². The molecule has 2 rings (SSSR count). The Hall–Kier alpha value is -0.890. The quantitative estimate of drug-likeness (QED) is 0.810. The number of rotatable bonds is 2. The van der Waals surface area contributed by atoms with Crippen molar-refractivity contribution in [2.45, 2.75) is 59.4 Å². The summed E-state index contributed by atoms with van der Waals surface area (Å²) in [7, 11) is 0. The average Bonchev–Trinajstić information content (AvgIpc) is 2.40. The minimum absolute atomic E-state index is 0.0511. The van der Waals surface area contributed by atoms with Gasteiger partial charge in [0.15, 0.2) is 0 Å². The third kappa shape index (κ3) is 3.41. The molecule has 1 atom stereocenters. The molecule has 0 spiro atoms. The lowest BCUT2D eigenvalue weighted by atomic mass is 9.68. The molecule has 0 bridgehead atoms. The Bertz CT molecular complexity index is 453. The van der Waals surface area contributed by atoms with Gasteiger partial charge in [0.1, 0.15) is 5.82 Å². The van der Waals surface area contributed by atoms with Crippen LogP contribution in [0.25, 0.3) is 0 Å². The van der Waals surface area contributed by atoms with Crippen LogP contribution in [0.1, 0.15) is 63.6 Å². The number of nitrogens with two attached hydrogens (primary N) is 1. The molecule has 1 aliphatic carbocycles. The lowest BCUT2D eigenvalue weighted by molar-refractivity contribution is 0.139. The maximum atomic E-state index is 13.3. The van der Waals surface area contributed by atoms with E-state index in [2.05, 4.69) is 20.8 Å². The lowest BCUT2D eigenvalue weighted by Gasteiger charge is -2.38. The van der Waals surface area contributed by atoms with E-state index in [-0.39, 0.29) is 11.9 Å². The van der Waals surface area contributed by atoms with Crippen LogP contribution in [0.5, 0.6) is 0 Å². The smallest absolute Gasteiger partial charge is 0.126 e. The van der Waals surface area contributed by atoms with Gasteiger partial charge >= 0.3 is 0 Å². The van der Waals surface area contributed by atoms with Crippen LogP contribution in [-0.4, -0.2) is 0 Å². The van der Waals surface area contributed by atoms with E-state index in [1.165, 1.54) is 25.7 Å².